The van der Waals surface area contributed by atoms with Crippen molar-refractivity contribution in [3.63, 3.8) is 0 Å². The molecule has 4 heteroatoms. The lowest BCUT2D eigenvalue weighted by molar-refractivity contribution is 0.185. The van der Waals surface area contributed by atoms with Crippen LogP contribution in [0.15, 0.2) is 17.2 Å². The Kier molecular flexibility index (Phi) is 3.72. The number of nitrogens with zero attached hydrogens (tertiary/aromatic N) is 3. The molecule has 1 aromatic rings. The molecule has 0 saturated carbocycles. The Morgan fingerprint density at radius 3 is 2.33 bits per heavy atom. The predicted octanol–water partition coefficient (Wildman–Crippen LogP) is 2.96. The number of aliphatic hydroxyl groups is 1. The van der Waals surface area contributed by atoms with Gasteiger partial charge in [-0.15, -0.1) is 0 Å². The quantitative estimate of drug-likeness (QED) is 0.460. The molecule has 0 aromatic heterocycles. The molecule has 0 aliphatic carbocycles. The average molecular weight is 205 g/mol. The van der Waals surface area contributed by atoms with Gasteiger partial charge in [0.05, 0.1) is 12.6 Å². The van der Waals surface area contributed by atoms with Gasteiger partial charge in [-0.1, -0.05) is 22.8 Å². The highest BCUT2D eigenvalue weighted by molar-refractivity contribution is 5.39. The van der Waals surface area contributed by atoms with Crippen LogP contribution >= 0.6 is 0 Å². The molecule has 1 rings (SSSR count). The third-order valence-electron chi connectivity index (χ3n) is 2.39. The fourth-order valence-corrected chi connectivity index (χ4v) is 1.92. The molecular weight excluding hydrogens is 190 g/mol. The standard InChI is InChI=1S/C11H15N3O/c1-7-4-8(2)11(9(3)5-7)10(15)6-13-14-12/h4-5,10,15H,6H2,1-3H3/t10-/m1/s1. The van der Waals surface area contributed by atoms with Crippen molar-refractivity contribution in [3.8, 4) is 0 Å². The topological polar surface area (TPSA) is 69.0 Å². The number of aryl methyl sites for hydroxylation is 3. The molecule has 1 N–H and O–H groups in total. The van der Waals surface area contributed by atoms with Crippen LogP contribution in [0.3, 0.4) is 0 Å². The molecule has 0 spiro atoms. The molecule has 4 nitrogen and oxygen atoms in total. The highest BCUT2D eigenvalue weighted by Crippen LogP contribution is 2.23. The van der Waals surface area contributed by atoms with Crippen LogP contribution in [0.25, 0.3) is 10.4 Å². The van der Waals surface area contributed by atoms with E-state index >= 15 is 0 Å². The number of azide groups is 1. The third kappa shape index (κ3) is 2.72. The molecule has 0 amide bonds. The van der Waals surface area contributed by atoms with Crippen molar-refractivity contribution in [1.82, 2.24) is 0 Å². The van der Waals surface area contributed by atoms with E-state index < -0.39 is 6.10 Å². The van der Waals surface area contributed by atoms with E-state index in [9.17, 15) is 5.11 Å². The molecule has 0 aliphatic heterocycles. The maximum atomic E-state index is 9.84. The predicted molar refractivity (Wildman–Crippen MR) is 59.6 cm³/mol. The van der Waals surface area contributed by atoms with Crippen LogP contribution < -0.4 is 0 Å². The van der Waals surface area contributed by atoms with Crippen LogP contribution in [0.2, 0.25) is 0 Å². The van der Waals surface area contributed by atoms with Gasteiger partial charge in [0, 0.05) is 4.91 Å². The fraction of sp³-hybridized carbons (Fsp3) is 0.455. The zero-order valence-corrected chi connectivity index (χ0v) is 9.23. The number of hydrogen-bond donors (Lipinski definition) is 1. The van der Waals surface area contributed by atoms with Crippen LogP contribution in [-0.4, -0.2) is 11.7 Å². The SMILES string of the molecule is Cc1cc(C)c([C@H](O)CN=[N+]=[N-])c(C)c1. The Morgan fingerprint density at radius 2 is 1.87 bits per heavy atom. The highest BCUT2D eigenvalue weighted by Gasteiger charge is 2.12. The first kappa shape index (κ1) is 11.6. The van der Waals surface area contributed by atoms with Crippen LogP contribution in [0, 0.1) is 20.8 Å². The summed E-state index contributed by atoms with van der Waals surface area (Å²) in [6, 6.07) is 4.03. The summed E-state index contributed by atoms with van der Waals surface area (Å²) in [5.74, 6) is 0. The Hall–Kier alpha value is -1.51. The van der Waals surface area contributed by atoms with Gasteiger partial charge in [-0.25, -0.2) is 0 Å². The summed E-state index contributed by atoms with van der Waals surface area (Å²) in [6.07, 6.45) is -0.707. The average Bonchev–Trinajstić information content (AvgIpc) is 2.12. The zero-order valence-electron chi connectivity index (χ0n) is 9.23. The van der Waals surface area contributed by atoms with Crippen molar-refractivity contribution in [2.45, 2.75) is 26.9 Å². The van der Waals surface area contributed by atoms with Crippen molar-refractivity contribution in [1.29, 1.82) is 0 Å². The molecule has 1 aromatic carbocycles. The molecule has 0 bridgehead atoms. The van der Waals surface area contributed by atoms with E-state index in [-0.39, 0.29) is 6.54 Å². The lowest BCUT2D eigenvalue weighted by Crippen LogP contribution is -2.06. The van der Waals surface area contributed by atoms with E-state index in [2.05, 4.69) is 10.0 Å². The third-order valence-corrected chi connectivity index (χ3v) is 2.39. The number of benzene rings is 1. The molecule has 80 valence electrons. The molecule has 0 saturated heterocycles. The summed E-state index contributed by atoms with van der Waals surface area (Å²) in [5, 5.41) is 13.2. The normalized spacial score (nSPS) is 12.0. The summed E-state index contributed by atoms with van der Waals surface area (Å²) < 4.78 is 0. The minimum absolute atomic E-state index is 0.0846. The Morgan fingerprint density at radius 1 is 1.33 bits per heavy atom. The van der Waals surface area contributed by atoms with E-state index in [0.717, 1.165) is 16.7 Å². The molecule has 0 heterocycles. The molecule has 15 heavy (non-hydrogen) atoms. The van der Waals surface area contributed by atoms with Gasteiger partial charge >= 0.3 is 0 Å². The van der Waals surface area contributed by atoms with Crippen molar-refractivity contribution in [2.24, 2.45) is 5.11 Å². The fourth-order valence-electron chi connectivity index (χ4n) is 1.92. The highest BCUT2D eigenvalue weighted by atomic mass is 16.3. The summed E-state index contributed by atoms with van der Waals surface area (Å²) >= 11 is 0. The second-order valence-electron chi connectivity index (χ2n) is 3.74. The van der Waals surface area contributed by atoms with Crippen molar-refractivity contribution >= 4 is 0 Å². The largest absolute Gasteiger partial charge is 0.388 e. The van der Waals surface area contributed by atoms with Gasteiger partial charge < -0.3 is 5.11 Å². The van der Waals surface area contributed by atoms with Gasteiger partial charge in [-0.3, -0.25) is 0 Å². The second-order valence-corrected chi connectivity index (χ2v) is 3.74. The minimum Gasteiger partial charge on any atom is -0.388 e. The van der Waals surface area contributed by atoms with Crippen molar-refractivity contribution < 1.29 is 5.11 Å². The molecule has 0 aliphatic rings. The van der Waals surface area contributed by atoms with Crippen molar-refractivity contribution in [2.75, 3.05) is 6.54 Å². The van der Waals surface area contributed by atoms with Crippen molar-refractivity contribution in [3.05, 3.63) is 44.8 Å². The van der Waals surface area contributed by atoms with Gasteiger partial charge in [0.1, 0.15) is 0 Å². The lowest BCUT2D eigenvalue weighted by atomic mass is 9.96. The van der Waals surface area contributed by atoms with Crippen LogP contribution in [0.1, 0.15) is 28.4 Å². The van der Waals surface area contributed by atoms with Crippen LogP contribution in [-0.2, 0) is 0 Å². The van der Waals surface area contributed by atoms with E-state index in [1.54, 1.807) is 0 Å². The minimum atomic E-state index is -0.707. The molecule has 0 unspecified atom stereocenters. The summed E-state index contributed by atoms with van der Waals surface area (Å²) in [5.41, 5.74) is 12.3. The van der Waals surface area contributed by atoms with Crippen LogP contribution in [0.4, 0.5) is 0 Å². The zero-order chi connectivity index (χ0) is 11.4. The first-order chi connectivity index (χ1) is 7.06. The van der Waals surface area contributed by atoms with E-state index in [1.807, 2.05) is 32.9 Å². The maximum Gasteiger partial charge on any atom is 0.0851 e. The first-order valence-electron chi connectivity index (χ1n) is 4.83. The van der Waals surface area contributed by atoms with Gasteiger partial charge in [-0.2, -0.15) is 0 Å². The van der Waals surface area contributed by atoms with Gasteiger partial charge in [0.25, 0.3) is 0 Å². The number of rotatable bonds is 3. The van der Waals surface area contributed by atoms with E-state index in [1.165, 1.54) is 5.56 Å². The monoisotopic (exact) mass is 205 g/mol. The summed E-state index contributed by atoms with van der Waals surface area (Å²) in [4.78, 5) is 2.64. The first-order valence-corrected chi connectivity index (χ1v) is 4.83. The molecule has 0 fully saturated rings. The van der Waals surface area contributed by atoms with E-state index in [4.69, 9.17) is 5.53 Å². The Labute approximate surface area is 89.2 Å². The molecule has 0 radical (unpaired) electrons. The smallest absolute Gasteiger partial charge is 0.0851 e. The van der Waals surface area contributed by atoms with Gasteiger partial charge in [0.2, 0.25) is 0 Å². The molecule has 1 atom stereocenters. The van der Waals surface area contributed by atoms with Gasteiger partial charge in [0.15, 0.2) is 0 Å². The number of hydrogen-bond acceptors (Lipinski definition) is 2. The Bertz CT molecular complexity index is 385. The van der Waals surface area contributed by atoms with Gasteiger partial charge in [-0.05, 0) is 43.0 Å². The second kappa shape index (κ2) is 4.82. The maximum absolute atomic E-state index is 9.84. The molecular formula is C11H15N3O. The van der Waals surface area contributed by atoms with E-state index in [0.29, 0.717) is 0 Å². The Balaban J connectivity index is 3.07. The summed E-state index contributed by atoms with van der Waals surface area (Å²) in [7, 11) is 0. The summed E-state index contributed by atoms with van der Waals surface area (Å²) in [6.45, 7) is 6.01. The lowest BCUT2D eigenvalue weighted by Gasteiger charge is -2.15. The number of aliphatic hydroxyl groups excluding tert-OH is 1. The van der Waals surface area contributed by atoms with Crippen LogP contribution in [0.5, 0.6) is 0 Å².